The third-order valence-corrected chi connectivity index (χ3v) is 6.49. The van der Waals surface area contributed by atoms with Gasteiger partial charge in [0.15, 0.2) is 5.76 Å². The molecule has 0 aliphatic carbocycles. The fourth-order valence-electron chi connectivity index (χ4n) is 4.30. The van der Waals surface area contributed by atoms with E-state index in [0.29, 0.717) is 32.5 Å². The van der Waals surface area contributed by atoms with Crippen molar-refractivity contribution in [3.63, 3.8) is 0 Å². The summed E-state index contributed by atoms with van der Waals surface area (Å²) in [5.41, 5.74) is 1.07. The number of non-ortho nitro benzene ring substituents is 1. The highest BCUT2D eigenvalue weighted by atomic mass is 35.5. The van der Waals surface area contributed by atoms with Crippen LogP contribution in [0.4, 0.5) is 10.1 Å². The molecule has 0 fully saturated rings. The first-order valence-corrected chi connectivity index (χ1v) is 12.6. The minimum Gasteiger partial charge on any atom is -0.488 e. The van der Waals surface area contributed by atoms with Crippen molar-refractivity contribution < 1.29 is 18.5 Å². The lowest BCUT2D eigenvalue weighted by molar-refractivity contribution is -0.384. The smallest absolute Gasteiger partial charge is 0.282 e. The maximum absolute atomic E-state index is 13.6. The van der Waals surface area contributed by atoms with Crippen LogP contribution in [0.3, 0.4) is 0 Å². The molecule has 9 nitrogen and oxygen atoms in total. The topological polar surface area (TPSA) is 113 Å². The molecule has 0 atom stereocenters. The zero-order valence-corrected chi connectivity index (χ0v) is 21.8. The van der Waals surface area contributed by atoms with Gasteiger partial charge in [0.25, 0.3) is 11.2 Å². The highest BCUT2D eigenvalue weighted by Crippen LogP contribution is 2.29. The van der Waals surface area contributed by atoms with Gasteiger partial charge in [0.1, 0.15) is 23.8 Å². The van der Waals surface area contributed by atoms with Crippen molar-refractivity contribution in [1.29, 1.82) is 0 Å². The summed E-state index contributed by atoms with van der Waals surface area (Å²) in [5, 5.41) is 17.4. The molecule has 202 valence electrons. The van der Waals surface area contributed by atoms with E-state index in [9.17, 15) is 19.3 Å². The normalized spacial score (nSPS) is 11.5. The molecule has 0 radical (unpaired) electrons. The molecule has 11 heteroatoms. The zero-order valence-electron chi connectivity index (χ0n) is 21.0. The van der Waals surface area contributed by atoms with Gasteiger partial charge in [-0.2, -0.15) is 9.78 Å². The highest BCUT2D eigenvalue weighted by Gasteiger charge is 2.17. The minimum absolute atomic E-state index is 0.000678. The molecule has 0 amide bonds. The Morgan fingerprint density at radius 2 is 1.90 bits per heavy atom. The number of benzene rings is 4. The summed E-state index contributed by atoms with van der Waals surface area (Å²) < 4.78 is 26.5. The maximum Gasteiger partial charge on any atom is 0.282 e. The van der Waals surface area contributed by atoms with Crippen LogP contribution in [0.2, 0.25) is 5.02 Å². The van der Waals surface area contributed by atoms with Gasteiger partial charge in [-0.3, -0.25) is 14.9 Å². The Morgan fingerprint density at radius 1 is 1.05 bits per heavy atom. The lowest BCUT2D eigenvalue weighted by Gasteiger charge is -2.10. The van der Waals surface area contributed by atoms with Crippen molar-refractivity contribution in [2.45, 2.75) is 6.61 Å². The zero-order chi connectivity index (χ0) is 28.5. The van der Waals surface area contributed by atoms with Crippen LogP contribution in [0, 0.1) is 15.9 Å². The van der Waals surface area contributed by atoms with Gasteiger partial charge in [0, 0.05) is 28.1 Å². The van der Waals surface area contributed by atoms with Crippen LogP contribution < -0.4 is 10.3 Å². The average molecular weight is 569 g/mol. The molecular formula is C30H18ClFN4O5. The second kappa shape index (κ2) is 10.7. The maximum atomic E-state index is 13.6. The van der Waals surface area contributed by atoms with E-state index in [2.05, 4.69) is 10.1 Å². The lowest BCUT2D eigenvalue weighted by Crippen LogP contribution is -2.20. The van der Waals surface area contributed by atoms with Crippen LogP contribution in [0.1, 0.15) is 11.1 Å². The molecule has 0 aliphatic rings. The Balaban J connectivity index is 1.47. The molecule has 0 unspecified atom stereocenters. The van der Waals surface area contributed by atoms with E-state index in [1.165, 1.54) is 36.5 Å². The molecule has 0 N–H and O–H groups in total. The van der Waals surface area contributed by atoms with Crippen LogP contribution in [0.15, 0.2) is 105 Å². The predicted octanol–water partition coefficient (Wildman–Crippen LogP) is 6.97. The highest BCUT2D eigenvalue weighted by molar-refractivity contribution is 6.31. The van der Waals surface area contributed by atoms with Gasteiger partial charge in [-0.15, -0.1) is 0 Å². The van der Waals surface area contributed by atoms with Crippen molar-refractivity contribution in [3.8, 4) is 17.3 Å². The van der Waals surface area contributed by atoms with E-state index >= 15 is 0 Å². The molecule has 0 bridgehead atoms. The Labute approximate surface area is 235 Å². The molecule has 2 heterocycles. The predicted molar refractivity (Wildman–Crippen MR) is 153 cm³/mol. The number of nitrogens with zero attached hydrogens (tertiary/aromatic N) is 4. The number of rotatable bonds is 7. The number of para-hydroxylation sites is 1. The van der Waals surface area contributed by atoms with E-state index in [4.69, 9.17) is 20.8 Å². The van der Waals surface area contributed by atoms with Crippen LogP contribution in [0.25, 0.3) is 33.5 Å². The fraction of sp³-hybridized carbons (Fsp3) is 0.0333. The van der Waals surface area contributed by atoms with Gasteiger partial charge in [-0.1, -0.05) is 35.9 Å². The standard InChI is InChI=1S/C30H18ClFN4O5/c31-21-8-10-27-19(13-21)15-28(41-27)29-34-25-7-2-1-6-24(25)30(37)35(29)33-16-20-14-23(36(38)39)9-11-26(20)40-17-18-4-3-5-22(32)12-18/h1-16H,17H2. The molecule has 0 aliphatic heterocycles. The van der Waals surface area contributed by atoms with Crippen LogP contribution >= 0.6 is 11.6 Å². The Bertz CT molecular complexity index is 2050. The van der Waals surface area contributed by atoms with Crippen molar-refractivity contribution in [3.05, 3.63) is 133 Å². The summed E-state index contributed by atoms with van der Waals surface area (Å²) in [6.07, 6.45) is 1.27. The largest absolute Gasteiger partial charge is 0.488 e. The van der Waals surface area contributed by atoms with E-state index in [1.807, 2.05) is 0 Å². The van der Waals surface area contributed by atoms with E-state index in [1.54, 1.807) is 60.7 Å². The monoisotopic (exact) mass is 568 g/mol. The fourth-order valence-corrected chi connectivity index (χ4v) is 4.48. The first kappa shape index (κ1) is 25.9. The number of furan rings is 1. The molecule has 6 rings (SSSR count). The van der Waals surface area contributed by atoms with Gasteiger partial charge in [-0.05, 0) is 60.2 Å². The summed E-state index contributed by atoms with van der Waals surface area (Å²) in [6.45, 7) is 0.000678. The first-order valence-electron chi connectivity index (χ1n) is 12.3. The Hall–Kier alpha value is -5.35. The molecule has 4 aromatic carbocycles. The van der Waals surface area contributed by atoms with E-state index in [0.717, 1.165) is 4.68 Å². The van der Waals surface area contributed by atoms with Gasteiger partial charge in [0.05, 0.1) is 22.0 Å². The summed E-state index contributed by atoms with van der Waals surface area (Å²) in [6, 6.07) is 23.5. The third kappa shape index (κ3) is 5.28. The average Bonchev–Trinajstić information content (AvgIpc) is 3.39. The number of nitro benzene ring substituents is 1. The van der Waals surface area contributed by atoms with Crippen molar-refractivity contribution >= 4 is 45.4 Å². The molecule has 0 spiro atoms. The summed E-state index contributed by atoms with van der Waals surface area (Å²) >= 11 is 6.13. The molecule has 6 aromatic rings. The summed E-state index contributed by atoms with van der Waals surface area (Å²) in [4.78, 5) is 29.2. The van der Waals surface area contributed by atoms with Crippen LogP contribution in [-0.4, -0.2) is 20.8 Å². The van der Waals surface area contributed by atoms with Crippen LogP contribution in [0.5, 0.6) is 5.75 Å². The lowest BCUT2D eigenvalue weighted by atomic mass is 10.2. The summed E-state index contributed by atoms with van der Waals surface area (Å²) in [7, 11) is 0. The second-order valence-electron chi connectivity index (χ2n) is 9.00. The second-order valence-corrected chi connectivity index (χ2v) is 9.44. The number of hydrogen-bond acceptors (Lipinski definition) is 7. The van der Waals surface area contributed by atoms with Crippen LogP contribution in [-0.2, 0) is 6.61 Å². The number of aromatic nitrogens is 2. The van der Waals surface area contributed by atoms with Gasteiger partial charge < -0.3 is 9.15 Å². The van der Waals surface area contributed by atoms with Gasteiger partial charge in [-0.25, -0.2) is 9.37 Å². The van der Waals surface area contributed by atoms with Crippen molar-refractivity contribution in [2.24, 2.45) is 5.10 Å². The number of fused-ring (bicyclic) bond motifs is 2. The number of hydrogen-bond donors (Lipinski definition) is 0. The number of nitro groups is 1. The molecule has 0 saturated carbocycles. The quantitative estimate of drug-likeness (QED) is 0.117. The Morgan fingerprint density at radius 3 is 2.73 bits per heavy atom. The third-order valence-electron chi connectivity index (χ3n) is 6.25. The Kier molecular flexibility index (Phi) is 6.74. The van der Waals surface area contributed by atoms with E-state index < -0.39 is 16.3 Å². The SMILES string of the molecule is O=c1c2ccccc2nc(-c2cc3cc(Cl)ccc3o2)n1N=Cc1cc([N+](=O)[O-])ccc1OCc1cccc(F)c1. The number of ether oxygens (including phenoxy) is 1. The number of halogens is 2. The van der Waals surface area contributed by atoms with Crippen molar-refractivity contribution in [1.82, 2.24) is 9.66 Å². The minimum atomic E-state index is -0.553. The first-order chi connectivity index (χ1) is 19.9. The molecular weight excluding hydrogens is 551 g/mol. The molecule has 0 saturated heterocycles. The molecule has 41 heavy (non-hydrogen) atoms. The summed E-state index contributed by atoms with van der Waals surface area (Å²) in [5.74, 6) is 0.208. The van der Waals surface area contributed by atoms with Gasteiger partial charge in [0.2, 0.25) is 5.82 Å². The van der Waals surface area contributed by atoms with Crippen molar-refractivity contribution in [2.75, 3.05) is 0 Å². The van der Waals surface area contributed by atoms with Gasteiger partial charge >= 0.3 is 0 Å². The van der Waals surface area contributed by atoms with E-state index in [-0.39, 0.29) is 35.2 Å². The molecule has 2 aromatic heterocycles.